The second-order valence-corrected chi connectivity index (χ2v) is 17.5. The average molecular weight is 572 g/mol. The van der Waals surface area contributed by atoms with E-state index in [1.807, 2.05) is 25.1 Å². The van der Waals surface area contributed by atoms with Gasteiger partial charge in [-0.15, -0.1) is 0 Å². The summed E-state index contributed by atoms with van der Waals surface area (Å²) < 4.78 is 25.6. The van der Waals surface area contributed by atoms with E-state index in [0.29, 0.717) is 16.9 Å². The number of Topliss-reactive ketones (excluding diaryl/α,β-unsaturated/α-hetero) is 1. The van der Waals surface area contributed by atoms with Gasteiger partial charge < -0.3 is 29.1 Å². The number of methoxy groups -OCH3 is 1. The summed E-state index contributed by atoms with van der Waals surface area (Å²) in [6.07, 6.45) is 1.50. The Hall–Kier alpha value is -2.30. The van der Waals surface area contributed by atoms with Gasteiger partial charge in [-0.05, 0) is 35.5 Å². The lowest BCUT2D eigenvalue weighted by Gasteiger charge is -2.49. The molecular weight excluding hydrogens is 526 g/mol. The molecule has 8 nitrogen and oxygen atoms in total. The number of carbonyl (C=O) groups excluding carboxylic acids is 2. The van der Waals surface area contributed by atoms with E-state index in [4.69, 9.17) is 18.6 Å². The highest BCUT2D eigenvalue weighted by Crippen LogP contribution is 2.54. The maximum atomic E-state index is 14.3. The third-order valence-corrected chi connectivity index (χ3v) is 15.0. The smallest absolute Gasteiger partial charge is 0.277 e. The third-order valence-electron chi connectivity index (χ3n) is 8.96. The van der Waals surface area contributed by atoms with Crippen LogP contribution in [0.5, 0.6) is 0 Å². The van der Waals surface area contributed by atoms with Crippen molar-refractivity contribution in [2.24, 2.45) is 0 Å². The van der Waals surface area contributed by atoms with E-state index in [1.165, 1.54) is 7.11 Å². The summed E-state index contributed by atoms with van der Waals surface area (Å²) in [7, 11) is -1.34. The molecule has 3 aliphatic rings. The Kier molecular flexibility index (Phi) is 8.56. The lowest BCUT2D eigenvalue weighted by Crippen LogP contribution is -2.65. The topological polar surface area (TPSA) is 107 Å². The van der Waals surface area contributed by atoms with Crippen molar-refractivity contribution in [2.45, 2.75) is 114 Å². The molecule has 2 N–H and O–H groups in total. The highest BCUT2D eigenvalue weighted by atomic mass is 28.4. The van der Waals surface area contributed by atoms with Crippen LogP contribution in [0.25, 0.3) is 0 Å². The number of aliphatic hydroxyl groups excluding tert-OH is 1. The summed E-state index contributed by atoms with van der Waals surface area (Å²) in [4.78, 5) is 28.4. The number of amides is 1. The molecule has 40 heavy (non-hydrogen) atoms. The van der Waals surface area contributed by atoms with Gasteiger partial charge in [-0.1, -0.05) is 91.0 Å². The van der Waals surface area contributed by atoms with Gasteiger partial charge >= 0.3 is 0 Å². The predicted octanol–water partition coefficient (Wildman–Crippen LogP) is 5.10. The van der Waals surface area contributed by atoms with Crippen molar-refractivity contribution in [1.82, 2.24) is 5.32 Å². The van der Waals surface area contributed by atoms with Crippen LogP contribution < -0.4 is 5.32 Å². The van der Waals surface area contributed by atoms with Crippen molar-refractivity contribution in [3.05, 3.63) is 59.4 Å². The van der Waals surface area contributed by atoms with E-state index in [-0.39, 0.29) is 22.7 Å². The maximum absolute atomic E-state index is 14.3. The lowest BCUT2D eigenvalue weighted by atomic mass is 9.84. The first-order valence-electron chi connectivity index (χ1n) is 14.4. The number of hydrogen-bond acceptors (Lipinski definition) is 7. The number of allylic oxidation sites excluding steroid dienone is 1. The van der Waals surface area contributed by atoms with E-state index in [0.717, 1.165) is 6.42 Å². The number of benzene rings is 1. The lowest BCUT2D eigenvalue weighted by molar-refractivity contribution is -0.193. The minimum atomic E-state index is -2.76. The maximum Gasteiger partial charge on any atom is 0.277 e. The van der Waals surface area contributed by atoms with Crippen LogP contribution in [0.15, 0.2) is 53.8 Å². The third kappa shape index (κ3) is 4.50. The fourth-order valence-electron chi connectivity index (χ4n) is 6.94. The summed E-state index contributed by atoms with van der Waals surface area (Å²) in [5.41, 5.74) is -2.61. The van der Waals surface area contributed by atoms with E-state index in [1.54, 1.807) is 31.2 Å². The largest absolute Gasteiger partial charge is 0.467 e. The van der Waals surface area contributed by atoms with Crippen molar-refractivity contribution >= 4 is 20.0 Å². The monoisotopic (exact) mass is 571 g/mol. The number of ketones is 1. The Labute approximate surface area is 239 Å². The Morgan fingerprint density at radius 1 is 1.07 bits per heavy atom. The number of epoxide rings is 1. The van der Waals surface area contributed by atoms with E-state index in [9.17, 15) is 14.7 Å². The molecule has 9 heteroatoms. The fourth-order valence-corrected chi connectivity index (χ4v) is 12.5. The molecule has 1 spiro atoms. The number of carbonyl (C=O) groups is 2. The zero-order chi connectivity index (χ0) is 29.6. The zero-order valence-corrected chi connectivity index (χ0v) is 26.2. The molecule has 0 bridgehead atoms. The molecule has 1 amide bonds. The summed E-state index contributed by atoms with van der Waals surface area (Å²) in [5.74, 6) is -0.835. The highest BCUT2D eigenvalue weighted by Gasteiger charge is 2.76. The van der Waals surface area contributed by atoms with Gasteiger partial charge in [0.25, 0.3) is 11.5 Å². The SMILES string of the molecule is CC/C=C\[C@H]1O[C@@H]1C1=C(C)C(=O)[C@]2(O1)C(=O)N[C@@](OC)(C(O)c1ccccc1)[C@@H]2O[Si](C(C)C)(C(C)C)C(C)C. The number of rotatable bonds is 11. The van der Waals surface area contributed by atoms with Gasteiger partial charge in [-0.2, -0.15) is 0 Å². The van der Waals surface area contributed by atoms with Crippen molar-refractivity contribution in [1.29, 1.82) is 0 Å². The first kappa shape index (κ1) is 30.7. The molecule has 0 radical (unpaired) electrons. The van der Waals surface area contributed by atoms with Crippen LogP contribution in [0.3, 0.4) is 0 Å². The molecule has 3 aliphatic heterocycles. The van der Waals surface area contributed by atoms with E-state index < -0.39 is 49.6 Å². The Balaban J connectivity index is 1.88. The minimum Gasteiger partial charge on any atom is -0.467 e. The number of hydrogen-bond donors (Lipinski definition) is 2. The van der Waals surface area contributed by atoms with Gasteiger partial charge in [0.1, 0.15) is 24.1 Å². The molecule has 220 valence electrons. The first-order chi connectivity index (χ1) is 18.8. The van der Waals surface area contributed by atoms with Crippen LogP contribution in [0.4, 0.5) is 0 Å². The van der Waals surface area contributed by atoms with Crippen molar-refractivity contribution in [3.8, 4) is 0 Å². The molecule has 3 heterocycles. The predicted molar refractivity (Wildman–Crippen MR) is 155 cm³/mol. The van der Waals surface area contributed by atoms with E-state index in [2.05, 4.69) is 46.9 Å². The average Bonchev–Trinajstić information content (AvgIpc) is 3.59. The molecule has 2 saturated heterocycles. The molecular formula is C31H45NO7Si. The standard InChI is InChI=1S/C31H45NO7Si/c1-10-11-17-23-25(37-23)24-21(8)26(33)30(38-24)28(39-40(18(2)3,19(4)5)20(6)7)31(36-9,32-29(30)35)27(34)22-15-13-12-14-16-22/h11-20,23,25,27-28,34H,10H2,1-9H3,(H,32,35)/b17-11-/t23-,25+,27?,28-,30-,31-/m1/s1. The molecule has 6 atom stereocenters. The quantitative estimate of drug-likeness (QED) is 0.165. The number of nitrogens with one attached hydrogen (secondary N) is 1. The molecule has 1 aromatic carbocycles. The summed E-state index contributed by atoms with van der Waals surface area (Å²) in [5, 5.41) is 14.7. The Morgan fingerprint density at radius 3 is 2.20 bits per heavy atom. The second-order valence-electron chi connectivity index (χ2n) is 12.1. The normalized spacial score (nSPS) is 31.3. The van der Waals surface area contributed by atoms with Gasteiger partial charge in [-0.25, -0.2) is 0 Å². The van der Waals surface area contributed by atoms with Crippen LogP contribution in [0.2, 0.25) is 16.6 Å². The minimum absolute atomic E-state index is 0.129. The summed E-state index contributed by atoms with van der Waals surface area (Å²) in [6.45, 7) is 16.4. The van der Waals surface area contributed by atoms with Gasteiger partial charge in [0.15, 0.2) is 6.10 Å². The Bertz CT molecular complexity index is 1160. The first-order valence-corrected chi connectivity index (χ1v) is 16.5. The molecule has 2 fully saturated rings. The van der Waals surface area contributed by atoms with Gasteiger partial charge in [0.05, 0.1) is 0 Å². The van der Waals surface area contributed by atoms with Gasteiger partial charge in [-0.3, -0.25) is 9.59 Å². The fraction of sp³-hybridized carbons (Fsp3) is 0.613. The Morgan fingerprint density at radius 2 is 1.68 bits per heavy atom. The molecule has 1 unspecified atom stereocenters. The van der Waals surface area contributed by atoms with Gasteiger partial charge in [0.2, 0.25) is 19.8 Å². The van der Waals surface area contributed by atoms with E-state index >= 15 is 0 Å². The molecule has 4 rings (SSSR count). The molecule has 0 saturated carbocycles. The highest BCUT2D eigenvalue weighted by molar-refractivity contribution is 6.77. The number of ether oxygens (including phenoxy) is 3. The van der Waals surface area contributed by atoms with Crippen molar-refractivity contribution in [3.63, 3.8) is 0 Å². The molecule has 1 aromatic rings. The van der Waals surface area contributed by atoms with Crippen molar-refractivity contribution < 1.29 is 33.3 Å². The van der Waals surface area contributed by atoms with Crippen LogP contribution in [-0.2, 0) is 28.2 Å². The summed E-state index contributed by atoms with van der Waals surface area (Å²) >= 11 is 0. The van der Waals surface area contributed by atoms with Crippen LogP contribution in [0, 0.1) is 0 Å². The van der Waals surface area contributed by atoms with Crippen LogP contribution in [0.1, 0.15) is 73.5 Å². The summed E-state index contributed by atoms with van der Waals surface area (Å²) in [6, 6.07) is 8.96. The zero-order valence-electron chi connectivity index (χ0n) is 25.2. The number of aliphatic hydroxyl groups is 1. The van der Waals surface area contributed by atoms with Crippen molar-refractivity contribution in [2.75, 3.05) is 7.11 Å². The van der Waals surface area contributed by atoms with Crippen LogP contribution >= 0.6 is 0 Å². The second kappa shape index (κ2) is 11.2. The van der Waals surface area contributed by atoms with Gasteiger partial charge in [0, 0.05) is 12.7 Å². The van der Waals surface area contributed by atoms with Crippen LogP contribution in [-0.4, -0.2) is 61.9 Å². The molecule has 0 aromatic heterocycles. The molecule has 0 aliphatic carbocycles.